The standard InChI is InChI=1S/C22H23N3O2/c26-22(19-10-4-8-18-9-5-11-23-21(18)19)24-20(17-6-2-1-3-7-17)16-25-12-14-27-15-13-25/h1-11,20H,12-16H2,(H,24,26). The van der Waals surface area contributed by atoms with E-state index in [1.165, 1.54) is 0 Å². The fraction of sp³-hybridized carbons (Fsp3) is 0.273. The summed E-state index contributed by atoms with van der Waals surface area (Å²) in [5.41, 5.74) is 2.44. The van der Waals surface area contributed by atoms with E-state index in [1.54, 1.807) is 6.20 Å². The average Bonchev–Trinajstić information content (AvgIpc) is 2.74. The van der Waals surface area contributed by atoms with Crippen LogP contribution in [0.3, 0.4) is 0 Å². The van der Waals surface area contributed by atoms with Gasteiger partial charge in [-0.15, -0.1) is 0 Å². The summed E-state index contributed by atoms with van der Waals surface area (Å²) in [5, 5.41) is 4.19. The van der Waals surface area contributed by atoms with E-state index < -0.39 is 0 Å². The molecule has 1 atom stereocenters. The number of nitrogens with zero attached hydrogens (tertiary/aromatic N) is 2. The van der Waals surface area contributed by atoms with Gasteiger partial charge in [-0.2, -0.15) is 0 Å². The number of aromatic nitrogens is 1. The first-order valence-electron chi connectivity index (χ1n) is 9.31. The van der Waals surface area contributed by atoms with Gasteiger partial charge in [0.1, 0.15) is 0 Å². The van der Waals surface area contributed by atoms with Crippen LogP contribution in [0.4, 0.5) is 0 Å². The molecule has 0 radical (unpaired) electrons. The largest absolute Gasteiger partial charge is 0.379 e. The summed E-state index contributed by atoms with van der Waals surface area (Å²) in [4.78, 5) is 19.8. The SMILES string of the molecule is O=C(NC(CN1CCOCC1)c1ccccc1)c1cccc2cccnc12. The third-order valence-electron chi connectivity index (χ3n) is 4.93. The first-order chi connectivity index (χ1) is 13.3. The van der Waals surface area contributed by atoms with Crippen LogP contribution in [0.5, 0.6) is 0 Å². The number of amides is 1. The van der Waals surface area contributed by atoms with Crippen molar-refractivity contribution < 1.29 is 9.53 Å². The molecule has 1 amide bonds. The number of rotatable bonds is 5. The zero-order valence-electron chi connectivity index (χ0n) is 15.2. The molecule has 2 aromatic carbocycles. The maximum atomic E-state index is 13.1. The van der Waals surface area contributed by atoms with Crippen LogP contribution in [0.2, 0.25) is 0 Å². The smallest absolute Gasteiger partial charge is 0.254 e. The van der Waals surface area contributed by atoms with Crippen molar-refractivity contribution in [1.29, 1.82) is 0 Å². The van der Waals surface area contributed by atoms with Crippen LogP contribution in [-0.4, -0.2) is 48.6 Å². The second kappa shape index (κ2) is 8.29. The summed E-state index contributed by atoms with van der Waals surface area (Å²) < 4.78 is 5.45. The minimum absolute atomic E-state index is 0.0873. The van der Waals surface area contributed by atoms with E-state index in [-0.39, 0.29) is 11.9 Å². The molecule has 3 aromatic rings. The molecule has 1 aromatic heterocycles. The topological polar surface area (TPSA) is 54.5 Å². The molecule has 1 aliphatic rings. The van der Waals surface area contributed by atoms with Crippen molar-refractivity contribution in [2.45, 2.75) is 6.04 Å². The molecule has 1 N–H and O–H groups in total. The Labute approximate surface area is 159 Å². The lowest BCUT2D eigenvalue weighted by Crippen LogP contribution is -2.43. The predicted octanol–water partition coefficient (Wildman–Crippen LogP) is 3.04. The molecule has 1 unspecified atom stereocenters. The third kappa shape index (κ3) is 4.15. The second-order valence-corrected chi connectivity index (χ2v) is 6.73. The monoisotopic (exact) mass is 361 g/mol. The van der Waals surface area contributed by atoms with E-state index >= 15 is 0 Å². The number of carbonyl (C=O) groups excluding carboxylic acids is 1. The van der Waals surface area contributed by atoms with Crippen molar-refractivity contribution in [3.8, 4) is 0 Å². The molecule has 138 valence electrons. The zero-order chi connectivity index (χ0) is 18.5. The highest BCUT2D eigenvalue weighted by Crippen LogP contribution is 2.19. The van der Waals surface area contributed by atoms with Crippen LogP contribution >= 0.6 is 0 Å². The van der Waals surface area contributed by atoms with Crippen molar-refractivity contribution in [3.05, 3.63) is 78.0 Å². The van der Waals surface area contributed by atoms with Crippen LogP contribution in [0.1, 0.15) is 22.0 Å². The lowest BCUT2D eigenvalue weighted by Gasteiger charge is -2.31. The zero-order valence-corrected chi connectivity index (χ0v) is 15.2. The van der Waals surface area contributed by atoms with Gasteiger partial charge in [0.15, 0.2) is 0 Å². The first-order valence-corrected chi connectivity index (χ1v) is 9.31. The fourth-order valence-corrected chi connectivity index (χ4v) is 3.49. The van der Waals surface area contributed by atoms with Gasteiger partial charge in [0.25, 0.3) is 5.91 Å². The Bertz CT molecular complexity index is 902. The van der Waals surface area contributed by atoms with E-state index in [0.29, 0.717) is 5.56 Å². The van der Waals surface area contributed by atoms with Crippen molar-refractivity contribution in [2.24, 2.45) is 0 Å². The molecule has 1 saturated heterocycles. The Morgan fingerprint density at radius 2 is 1.81 bits per heavy atom. The Balaban J connectivity index is 1.59. The van der Waals surface area contributed by atoms with Gasteiger partial charge in [-0.3, -0.25) is 14.7 Å². The predicted molar refractivity (Wildman–Crippen MR) is 106 cm³/mol. The molecule has 0 bridgehead atoms. The van der Waals surface area contributed by atoms with Gasteiger partial charge >= 0.3 is 0 Å². The number of hydrogen-bond acceptors (Lipinski definition) is 4. The highest BCUT2D eigenvalue weighted by atomic mass is 16.5. The highest BCUT2D eigenvalue weighted by Gasteiger charge is 2.21. The number of fused-ring (bicyclic) bond motifs is 1. The average molecular weight is 361 g/mol. The molecule has 0 spiro atoms. The van der Waals surface area contributed by atoms with Gasteiger partial charge in [-0.25, -0.2) is 0 Å². The first kappa shape index (κ1) is 17.6. The second-order valence-electron chi connectivity index (χ2n) is 6.73. The Hall–Kier alpha value is -2.76. The highest BCUT2D eigenvalue weighted by molar-refractivity contribution is 6.05. The van der Waals surface area contributed by atoms with Crippen LogP contribution in [0, 0.1) is 0 Å². The molecule has 4 rings (SSSR count). The number of para-hydroxylation sites is 1. The van der Waals surface area contributed by atoms with Gasteiger partial charge < -0.3 is 10.1 Å². The van der Waals surface area contributed by atoms with Gasteiger partial charge in [0, 0.05) is 31.2 Å². The number of morpholine rings is 1. The van der Waals surface area contributed by atoms with Crippen LogP contribution < -0.4 is 5.32 Å². The molecule has 1 aliphatic heterocycles. The van der Waals surface area contributed by atoms with E-state index in [1.807, 2.05) is 48.5 Å². The number of ether oxygens (including phenoxy) is 1. The lowest BCUT2D eigenvalue weighted by atomic mass is 10.0. The number of benzene rings is 2. The maximum absolute atomic E-state index is 13.1. The minimum Gasteiger partial charge on any atom is -0.379 e. The maximum Gasteiger partial charge on any atom is 0.254 e. The summed E-state index contributed by atoms with van der Waals surface area (Å²) in [5.74, 6) is -0.0959. The van der Waals surface area contributed by atoms with Crippen LogP contribution in [0.15, 0.2) is 66.9 Å². The summed E-state index contributed by atoms with van der Waals surface area (Å²) >= 11 is 0. The molecular formula is C22H23N3O2. The summed E-state index contributed by atoms with van der Waals surface area (Å²) in [7, 11) is 0. The van der Waals surface area contributed by atoms with Crippen LogP contribution in [-0.2, 0) is 4.74 Å². The van der Waals surface area contributed by atoms with E-state index in [2.05, 4.69) is 27.3 Å². The molecule has 1 fully saturated rings. The van der Waals surface area contributed by atoms with Crippen molar-refractivity contribution >= 4 is 16.8 Å². The van der Waals surface area contributed by atoms with Crippen molar-refractivity contribution in [3.63, 3.8) is 0 Å². The molecule has 5 heteroatoms. The number of hydrogen-bond donors (Lipinski definition) is 1. The van der Waals surface area contributed by atoms with E-state index in [9.17, 15) is 4.79 Å². The fourth-order valence-electron chi connectivity index (χ4n) is 3.49. The Morgan fingerprint density at radius 1 is 1.04 bits per heavy atom. The Morgan fingerprint density at radius 3 is 2.63 bits per heavy atom. The summed E-state index contributed by atoms with van der Waals surface area (Å²) in [6.07, 6.45) is 1.72. The molecule has 5 nitrogen and oxygen atoms in total. The van der Waals surface area contributed by atoms with Gasteiger partial charge in [0.2, 0.25) is 0 Å². The third-order valence-corrected chi connectivity index (χ3v) is 4.93. The molecule has 0 saturated carbocycles. The summed E-state index contributed by atoms with van der Waals surface area (Å²) in [6, 6.07) is 19.6. The normalized spacial score (nSPS) is 16.1. The molecular weight excluding hydrogens is 338 g/mol. The molecule has 0 aliphatic carbocycles. The Kier molecular flexibility index (Phi) is 5.42. The molecule has 2 heterocycles. The minimum atomic E-state index is -0.0959. The number of pyridine rings is 1. The quantitative estimate of drug-likeness (QED) is 0.759. The lowest BCUT2D eigenvalue weighted by molar-refractivity contribution is 0.0332. The molecule has 27 heavy (non-hydrogen) atoms. The van der Waals surface area contributed by atoms with Crippen LogP contribution in [0.25, 0.3) is 10.9 Å². The van der Waals surface area contributed by atoms with Crippen molar-refractivity contribution in [2.75, 3.05) is 32.8 Å². The number of carbonyl (C=O) groups is 1. The van der Waals surface area contributed by atoms with E-state index in [4.69, 9.17) is 4.74 Å². The summed E-state index contributed by atoms with van der Waals surface area (Å²) in [6.45, 7) is 4.01. The van der Waals surface area contributed by atoms with Gasteiger partial charge in [-0.05, 0) is 17.7 Å². The number of nitrogens with one attached hydrogen (secondary N) is 1. The van der Waals surface area contributed by atoms with Gasteiger partial charge in [0.05, 0.1) is 30.3 Å². The van der Waals surface area contributed by atoms with Crippen molar-refractivity contribution in [1.82, 2.24) is 15.2 Å². The van der Waals surface area contributed by atoms with Gasteiger partial charge in [-0.1, -0.05) is 48.5 Å². The van der Waals surface area contributed by atoms with E-state index in [0.717, 1.165) is 49.3 Å².